The van der Waals surface area contributed by atoms with Gasteiger partial charge in [0.1, 0.15) is 0 Å². The van der Waals surface area contributed by atoms with E-state index in [0.717, 1.165) is 18.4 Å². The maximum atomic E-state index is 12.9. The molecule has 0 heterocycles. The van der Waals surface area contributed by atoms with Crippen molar-refractivity contribution in [3.05, 3.63) is 34.9 Å². The molecule has 0 spiro atoms. The molecular formula is C23H37N3O4. The fourth-order valence-corrected chi connectivity index (χ4v) is 3.06. The van der Waals surface area contributed by atoms with Crippen LogP contribution in [0.15, 0.2) is 18.2 Å². The van der Waals surface area contributed by atoms with Gasteiger partial charge in [-0.15, -0.1) is 0 Å². The lowest BCUT2D eigenvalue weighted by molar-refractivity contribution is -0.123. The molecule has 0 radical (unpaired) electrons. The third kappa shape index (κ3) is 8.95. The molecule has 7 heteroatoms. The van der Waals surface area contributed by atoms with Crippen LogP contribution in [-0.2, 0) is 4.79 Å². The van der Waals surface area contributed by atoms with Crippen molar-refractivity contribution in [2.45, 2.75) is 60.0 Å². The zero-order valence-corrected chi connectivity index (χ0v) is 19.0. The predicted molar refractivity (Wildman–Crippen MR) is 118 cm³/mol. The zero-order valence-electron chi connectivity index (χ0n) is 19.0. The average Bonchev–Trinajstić information content (AvgIpc) is 2.69. The van der Waals surface area contributed by atoms with Crippen LogP contribution >= 0.6 is 0 Å². The van der Waals surface area contributed by atoms with Crippen molar-refractivity contribution in [3.63, 3.8) is 0 Å². The molecule has 1 aromatic rings. The average molecular weight is 420 g/mol. The molecular weight excluding hydrogens is 382 g/mol. The summed E-state index contributed by atoms with van der Waals surface area (Å²) in [6, 6.07) is 5.08. The second-order valence-corrected chi connectivity index (χ2v) is 8.15. The molecule has 1 rings (SSSR count). The molecule has 0 saturated carbocycles. The van der Waals surface area contributed by atoms with Crippen LogP contribution in [0.2, 0.25) is 0 Å². The van der Waals surface area contributed by atoms with Gasteiger partial charge in [-0.1, -0.05) is 27.7 Å². The molecule has 0 saturated heterocycles. The van der Waals surface area contributed by atoms with E-state index in [0.29, 0.717) is 36.7 Å². The minimum absolute atomic E-state index is 0.0387. The van der Waals surface area contributed by atoms with Crippen molar-refractivity contribution >= 4 is 17.7 Å². The Labute approximate surface area is 180 Å². The highest BCUT2D eigenvalue weighted by Crippen LogP contribution is 2.13. The standard InChI is InChI=1S/C23H37N3O4/c1-6-8-26(9-7-2)23(30)19-11-17(5)10-18(12-19)22(29)25-15-20(27)13-21(28)24-14-16(3)4/h10-12,16,20,27H,6-9,13-15H2,1-5H3,(H,24,28)(H,25,29). The van der Waals surface area contributed by atoms with Crippen LogP contribution in [0, 0.1) is 12.8 Å². The predicted octanol–water partition coefficient (Wildman–Crippen LogP) is 2.51. The largest absolute Gasteiger partial charge is 0.391 e. The molecule has 3 amide bonds. The van der Waals surface area contributed by atoms with Gasteiger partial charge in [0.2, 0.25) is 5.91 Å². The lowest BCUT2D eigenvalue weighted by atomic mass is 10.0. The number of carbonyl (C=O) groups excluding carboxylic acids is 3. The van der Waals surface area contributed by atoms with E-state index in [1.165, 1.54) is 0 Å². The molecule has 3 N–H and O–H groups in total. The molecule has 0 fully saturated rings. The first-order chi connectivity index (χ1) is 14.2. The molecule has 7 nitrogen and oxygen atoms in total. The molecule has 0 aromatic heterocycles. The highest BCUT2D eigenvalue weighted by molar-refractivity contribution is 6.00. The molecule has 1 aromatic carbocycles. The highest BCUT2D eigenvalue weighted by Gasteiger charge is 2.18. The molecule has 1 unspecified atom stereocenters. The van der Waals surface area contributed by atoms with Crippen molar-refractivity contribution < 1.29 is 19.5 Å². The van der Waals surface area contributed by atoms with Gasteiger partial charge in [0.25, 0.3) is 11.8 Å². The number of hydrogen-bond donors (Lipinski definition) is 3. The summed E-state index contributed by atoms with van der Waals surface area (Å²) in [6.45, 7) is 11.7. The summed E-state index contributed by atoms with van der Waals surface area (Å²) in [5.74, 6) is -0.388. The van der Waals surface area contributed by atoms with Crippen molar-refractivity contribution in [2.24, 2.45) is 5.92 Å². The van der Waals surface area contributed by atoms with E-state index >= 15 is 0 Å². The van der Waals surface area contributed by atoms with Gasteiger partial charge < -0.3 is 20.6 Å². The number of amides is 3. The third-order valence-electron chi connectivity index (χ3n) is 4.49. The fraction of sp³-hybridized carbons (Fsp3) is 0.609. The van der Waals surface area contributed by atoms with E-state index in [9.17, 15) is 19.5 Å². The van der Waals surface area contributed by atoms with Gasteiger partial charge in [0.15, 0.2) is 0 Å². The van der Waals surface area contributed by atoms with Gasteiger partial charge in [-0.05, 0) is 49.4 Å². The van der Waals surface area contributed by atoms with Crippen LogP contribution < -0.4 is 10.6 Å². The van der Waals surface area contributed by atoms with Crippen molar-refractivity contribution in [1.29, 1.82) is 0 Å². The molecule has 1 atom stereocenters. The van der Waals surface area contributed by atoms with Gasteiger partial charge in [-0.25, -0.2) is 0 Å². The van der Waals surface area contributed by atoms with Gasteiger partial charge in [0.05, 0.1) is 12.5 Å². The number of benzene rings is 1. The van der Waals surface area contributed by atoms with Crippen LogP contribution in [-0.4, -0.2) is 60.0 Å². The van der Waals surface area contributed by atoms with Crippen molar-refractivity contribution in [2.75, 3.05) is 26.2 Å². The van der Waals surface area contributed by atoms with E-state index in [-0.39, 0.29) is 30.7 Å². The molecule has 0 aliphatic carbocycles. The lowest BCUT2D eigenvalue weighted by Gasteiger charge is -2.22. The number of rotatable bonds is 12. The number of carbonyl (C=O) groups is 3. The molecule has 0 aliphatic heterocycles. The summed E-state index contributed by atoms with van der Waals surface area (Å²) in [4.78, 5) is 39.0. The van der Waals surface area contributed by atoms with E-state index < -0.39 is 6.10 Å². The van der Waals surface area contributed by atoms with Crippen LogP contribution in [0.3, 0.4) is 0 Å². The second-order valence-electron chi connectivity index (χ2n) is 8.15. The Morgan fingerprint density at radius 1 is 0.967 bits per heavy atom. The highest BCUT2D eigenvalue weighted by atomic mass is 16.3. The van der Waals surface area contributed by atoms with Crippen LogP contribution in [0.4, 0.5) is 0 Å². The van der Waals surface area contributed by atoms with Crippen molar-refractivity contribution in [3.8, 4) is 0 Å². The Morgan fingerprint density at radius 2 is 1.57 bits per heavy atom. The van der Waals surface area contributed by atoms with E-state index in [1.54, 1.807) is 23.1 Å². The number of hydrogen-bond acceptors (Lipinski definition) is 4. The summed E-state index contributed by atoms with van der Waals surface area (Å²) in [6.07, 6.45) is 0.686. The Balaban J connectivity index is 2.74. The zero-order chi connectivity index (χ0) is 22.7. The van der Waals surface area contributed by atoms with Gasteiger partial charge >= 0.3 is 0 Å². The Morgan fingerprint density at radius 3 is 2.13 bits per heavy atom. The Kier molecular flexibility index (Phi) is 11.1. The first kappa shape index (κ1) is 25.6. The van der Waals surface area contributed by atoms with Crippen molar-refractivity contribution in [1.82, 2.24) is 15.5 Å². The second kappa shape index (κ2) is 13.0. The summed E-state index contributed by atoms with van der Waals surface area (Å²) in [5, 5.41) is 15.4. The SMILES string of the molecule is CCCN(CCC)C(=O)c1cc(C)cc(C(=O)NCC(O)CC(=O)NCC(C)C)c1. The minimum atomic E-state index is -0.975. The number of aliphatic hydroxyl groups is 1. The number of nitrogens with one attached hydrogen (secondary N) is 2. The monoisotopic (exact) mass is 419 g/mol. The smallest absolute Gasteiger partial charge is 0.253 e. The summed E-state index contributed by atoms with van der Waals surface area (Å²) < 4.78 is 0. The topological polar surface area (TPSA) is 98.7 Å². The Hall–Kier alpha value is -2.41. The lowest BCUT2D eigenvalue weighted by Crippen LogP contribution is -2.37. The van der Waals surface area contributed by atoms with Gasteiger partial charge in [-0.3, -0.25) is 14.4 Å². The molecule has 0 bridgehead atoms. The molecule has 30 heavy (non-hydrogen) atoms. The number of aliphatic hydroxyl groups excluding tert-OH is 1. The first-order valence-corrected chi connectivity index (χ1v) is 10.8. The van der Waals surface area contributed by atoms with Crippen LogP contribution in [0.5, 0.6) is 0 Å². The third-order valence-corrected chi connectivity index (χ3v) is 4.49. The van der Waals surface area contributed by atoms with E-state index in [4.69, 9.17) is 0 Å². The maximum absolute atomic E-state index is 12.9. The molecule has 0 aliphatic rings. The van der Waals surface area contributed by atoms with Crippen LogP contribution in [0.1, 0.15) is 73.2 Å². The quantitative estimate of drug-likeness (QED) is 0.485. The number of nitrogens with zero attached hydrogens (tertiary/aromatic N) is 1. The van der Waals surface area contributed by atoms with Crippen LogP contribution in [0.25, 0.3) is 0 Å². The summed E-state index contributed by atoms with van der Waals surface area (Å²) >= 11 is 0. The van der Waals surface area contributed by atoms with Gasteiger partial charge in [-0.2, -0.15) is 0 Å². The molecule has 168 valence electrons. The summed E-state index contributed by atoms with van der Waals surface area (Å²) in [5.41, 5.74) is 1.66. The van der Waals surface area contributed by atoms with E-state index in [2.05, 4.69) is 10.6 Å². The maximum Gasteiger partial charge on any atom is 0.253 e. The fourth-order valence-electron chi connectivity index (χ4n) is 3.06. The Bertz CT molecular complexity index is 712. The summed E-state index contributed by atoms with van der Waals surface area (Å²) in [7, 11) is 0. The minimum Gasteiger partial charge on any atom is -0.391 e. The van der Waals surface area contributed by atoms with Gasteiger partial charge in [0, 0.05) is 37.3 Å². The first-order valence-electron chi connectivity index (χ1n) is 10.8. The normalized spacial score (nSPS) is 11.8. The van der Waals surface area contributed by atoms with E-state index in [1.807, 2.05) is 34.6 Å². The number of aryl methyl sites for hydroxylation is 1.